The zero-order valence-electron chi connectivity index (χ0n) is 9.17. The van der Waals surface area contributed by atoms with Gasteiger partial charge in [-0.25, -0.2) is 0 Å². The smallest absolute Gasteiger partial charge is 0.418 e. The third-order valence-corrected chi connectivity index (χ3v) is 3.22. The quantitative estimate of drug-likeness (QED) is 0.822. The lowest BCUT2D eigenvalue weighted by atomic mass is 10.1. The summed E-state index contributed by atoms with van der Waals surface area (Å²) in [4.78, 5) is 3.60. The van der Waals surface area contributed by atoms with Crippen molar-refractivity contribution in [3.8, 4) is 17.0 Å². The van der Waals surface area contributed by atoms with Crippen LogP contribution in [0.3, 0.4) is 0 Å². The molecule has 0 spiro atoms. The SMILES string of the molecule is Oc1cc(C(F)(F)F)cnc1-c1cccc(Cl)c1Cl. The average Bonchev–Trinajstić information content (AvgIpc) is 2.32. The molecule has 0 unspecified atom stereocenters. The van der Waals surface area contributed by atoms with E-state index in [1.807, 2.05) is 0 Å². The lowest BCUT2D eigenvalue weighted by molar-refractivity contribution is -0.137. The van der Waals surface area contributed by atoms with Crippen molar-refractivity contribution in [1.82, 2.24) is 4.98 Å². The highest BCUT2D eigenvalue weighted by Gasteiger charge is 2.32. The van der Waals surface area contributed by atoms with Gasteiger partial charge >= 0.3 is 6.18 Å². The number of alkyl halides is 3. The second kappa shape index (κ2) is 4.90. The second-order valence-electron chi connectivity index (χ2n) is 3.69. The summed E-state index contributed by atoms with van der Waals surface area (Å²) in [6, 6.07) is 5.18. The van der Waals surface area contributed by atoms with Gasteiger partial charge in [-0.1, -0.05) is 35.3 Å². The minimum Gasteiger partial charge on any atom is -0.506 e. The summed E-state index contributed by atoms with van der Waals surface area (Å²) >= 11 is 11.7. The molecule has 1 aromatic heterocycles. The topological polar surface area (TPSA) is 33.1 Å². The van der Waals surface area contributed by atoms with Gasteiger partial charge < -0.3 is 5.11 Å². The highest BCUT2D eigenvalue weighted by atomic mass is 35.5. The molecule has 0 bridgehead atoms. The largest absolute Gasteiger partial charge is 0.506 e. The molecule has 1 aromatic carbocycles. The van der Waals surface area contributed by atoms with Crippen molar-refractivity contribution in [2.75, 3.05) is 0 Å². The van der Waals surface area contributed by atoms with E-state index < -0.39 is 17.5 Å². The van der Waals surface area contributed by atoms with Crippen LogP contribution in [0, 0.1) is 0 Å². The standard InChI is InChI=1S/C12H6Cl2F3NO/c13-8-3-1-2-7(10(8)14)11-9(19)4-6(5-18-11)12(15,16)17/h1-5,19H. The van der Waals surface area contributed by atoms with Crippen LogP contribution in [0.15, 0.2) is 30.5 Å². The minimum atomic E-state index is -4.57. The van der Waals surface area contributed by atoms with E-state index in [1.54, 1.807) is 6.07 Å². The zero-order chi connectivity index (χ0) is 14.2. The summed E-state index contributed by atoms with van der Waals surface area (Å²) in [6.45, 7) is 0. The molecule has 0 aliphatic rings. The number of aromatic hydroxyl groups is 1. The number of nitrogens with zero attached hydrogens (tertiary/aromatic N) is 1. The van der Waals surface area contributed by atoms with Gasteiger partial charge in [0.2, 0.25) is 0 Å². The molecular formula is C12H6Cl2F3NO. The van der Waals surface area contributed by atoms with Crippen molar-refractivity contribution < 1.29 is 18.3 Å². The van der Waals surface area contributed by atoms with Crippen molar-refractivity contribution in [3.63, 3.8) is 0 Å². The Kier molecular flexibility index (Phi) is 3.60. The summed E-state index contributed by atoms with van der Waals surface area (Å²) in [5.74, 6) is -0.612. The molecule has 0 amide bonds. The highest BCUT2D eigenvalue weighted by molar-refractivity contribution is 6.43. The Labute approximate surface area is 116 Å². The first-order valence-electron chi connectivity index (χ1n) is 5.01. The first-order valence-corrected chi connectivity index (χ1v) is 5.77. The summed E-state index contributed by atoms with van der Waals surface area (Å²) in [6.07, 6.45) is -3.94. The van der Waals surface area contributed by atoms with Gasteiger partial charge in [-0.05, 0) is 12.1 Å². The number of halogens is 5. The van der Waals surface area contributed by atoms with E-state index >= 15 is 0 Å². The molecule has 100 valence electrons. The maximum absolute atomic E-state index is 12.4. The third kappa shape index (κ3) is 2.77. The maximum atomic E-state index is 12.4. The number of hydrogen-bond donors (Lipinski definition) is 1. The molecule has 7 heteroatoms. The van der Waals surface area contributed by atoms with Gasteiger partial charge in [0.05, 0.1) is 15.6 Å². The Morgan fingerprint density at radius 2 is 1.84 bits per heavy atom. The third-order valence-electron chi connectivity index (χ3n) is 2.40. The lowest BCUT2D eigenvalue weighted by Gasteiger charge is -2.10. The molecule has 0 aliphatic carbocycles. The van der Waals surface area contributed by atoms with E-state index in [1.165, 1.54) is 12.1 Å². The van der Waals surface area contributed by atoms with Crippen molar-refractivity contribution in [2.24, 2.45) is 0 Å². The highest BCUT2D eigenvalue weighted by Crippen LogP contribution is 2.39. The van der Waals surface area contributed by atoms with E-state index in [9.17, 15) is 18.3 Å². The first kappa shape index (κ1) is 14.0. The Morgan fingerprint density at radius 3 is 2.42 bits per heavy atom. The number of benzene rings is 1. The van der Waals surface area contributed by atoms with E-state index in [4.69, 9.17) is 23.2 Å². The van der Waals surface area contributed by atoms with Crippen LogP contribution >= 0.6 is 23.2 Å². The predicted molar refractivity (Wildman–Crippen MR) is 66.4 cm³/mol. The maximum Gasteiger partial charge on any atom is 0.418 e. The molecular weight excluding hydrogens is 302 g/mol. The van der Waals surface area contributed by atoms with Gasteiger partial charge in [0, 0.05) is 11.8 Å². The molecule has 0 atom stereocenters. The molecule has 19 heavy (non-hydrogen) atoms. The number of pyridine rings is 1. The predicted octanol–water partition coefficient (Wildman–Crippen LogP) is 4.78. The van der Waals surface area contributed by atoms with Crippen molar-refractivity contribution >= 4 is 23.2 Å². The molecule has 2 nitrogen and oxygen atoms in total. The van der Waals surface area contributed by atoms with Gasteiger partial charge in [0.25, 0.3) is 0 Å². The van der Waals surface area contributed by atoms with Crippen LogP contribution in [-0.2, 0) is 6.18 Å². The fourth-order valence-electron chi connectivity index (χ4n) is 1.50. The van der Waals surface area contributed by atoms with Crippen molar-refractivity contribution in [1.29, 1.82) is 0 Å². The number of rotatable bonds is 1. The average molecular weight is 308 g/mol. The van der Waals surface area contributed by atoms with Crippen LogP contribution in [0.2, 0.25) is 10.0 Å². The molecule has 2 aromatic rings. The Bertz CT molecular complexity index is 629. The van der Waals surface area contributed by atoms with E-state index in [2.05, 4.69) is 4.98 Å². The molecule has 0 saturated carbocycles. The zero-order valence-corrected chi connectivity index (χ0v) is 10.7. The van der Waals surface area contributed by atoms with Crippen LogP contribution in [0.1, 0.15) is 5.56 Å². The van der Waals surface area contributed by atoms with Crippen LogP contribution in [0.25, 0.3) is 11.3 Å². The molecule has 0 radical (unpaired) electrons. The Morgan fingerprint density at radius 1 is 1.16 bits per heavy atom. The molecule has 1 N–H and O–H groups in total. The summed E-state index contributed by atoms with van der Waals surface area (Å²) in [5.41, 5.74) is -0.826. The summed E-state index contributed by atoms with van der Waals surface area (Å²) in [7, 11) is 0. The van der Waals surface area contributed by atoms with Crippen LogP contribution in [-0.4, -0.2) is 10.1 Å². The minimum absolute atomic E-state index is 0.0551. The molecule has 0 aliphatic heterocycles. The van der Waals surface area contributed by atoms with Crippen LogP contribution in [0.4, 0.5) is 13.2 Å². The fourth-order valence-corrected chi connectivity index (χ4v) is 1.89. The number of aromatic nitrogens is 1. The van der Waals surface area contributed by atoms with Crippen LogP contribution in [0.5, 0.6) is 5.75 Å². The monoisotopic (exact) mass is 307 g/mol. The number of hydrogen-bond acceptors (Lipinski definition) is 2. The van der Waals surface area contributed by atoms with Crippen molar-refractivity contribution in [2.45, 2.75) is 6.18 Å². The van der Waals surface area contributed by atoms with Gasteiger partial charge in [-0.15, -0.1) is 0 Å². The van der Waals surface area contributed by atoms with Gasteiger partial charge in [0.1, 0.15) is 11.4 Å². The van der Waals surface area contributed by atoms with Crippen molar-refractivity contribution in [3.05, 3.63) is 46.1 Å². The first-order chi connectivity index (χ1) is 8.80. The molecule has 2 rings (SSSR count). The molecule has 0 fully saturated rings. The fraction of sp³-hybridized carbons (Fsp3) is 0.0833. The van der Waals surface area contributed by atoms with Gasteiger partial charge in [-0.2, -0.15) is 13.2 Å². The Balaban J connectivity index is 2.56. The Hall–Kier alpha value is -1.46. The van der Waals surface area contributed by atoms with Crippen LogP contribution < -0.4 is 0 Å². The van der Waals surface area contributed by atoms with E-state index in [0.29, 0.717) is 12.3 Å². The lowest BCUT2D eigenvalue weighted by Crippen LogP contribution is -2.05. The van der Waals surface area contributed by atoms with E-state index in [-0.39, 0.29) is 21.3 Å². The summed E-state index contributed by atoms with van der Waals surface area (Å²) < 4.78 is 37.3. The molecule has 1 heterocycles. The second-order valence-corrected chi connectivity index (χ2v) is 4.48. The van der Waals surface area contributed by atoms with E-state index in [0.717, 1.165) is 0 Å². The molecule has 0 saturated heterocycles. The summed E-state index contributed by atoms with van der Waals surface area (Å²) in [5, 5.41) is 10.00. The normalized spacial score (nSPS) is 11.6. The van der Waals surface area contributed by atoms with Gasteiger partial charge in [-0.3, -0.25) is 4.98 Å². The van der Waals surface area contributed by atoms with Gasteiger partial charge in [0.15, 0.2) is 0 Å².